The molecule has 0 fully saturated rings. The van der Waals surface area contributed by atoms with E-state index in [-0.39, 0.29) is 6.54 Å². The first-order valence-corrected chi connectivity index (χ1v) is 10.5. The van der Waals surface area contributed by atoms with E-state index >= 15 is 0 Å². The molecule has 8 heteroatoms. The molecule has 0 radical (unpaired) electrons. The summed E-state index contributed by atoms with van der Waals surface area (Å²) in [4.78, 5) is 24.1. The summed E-state index contributed by atoms with van der Waals surface area (Å²) in [6.07, 6.45) is 1.51. The van der Waals surface area contributed by atoms with E-state index in [0.29, 0.717) is 17.9 Å². The highest BCUT2D eigenvalue weighted by Gasteiger charge is 2.12. The molecule has 3 aromatic rings. The summed E-state index contributed by atoms with van der Waals surface area (Å²) in [5.41, 5.74) is 4.60. The van der Waals surface area contributed by atoms with Crippen molar-refractivity contribution in [3.05, 3.63) is 94.0 Å². The molecule has 0 saturated carbocycles. The minimum absolute atomic E-state index is 0.211. The van der Waals surface area contributed by atoms with E-state index in [2.05, 4.69) is 31.8 Å². The summed E-state index contributed by atoms with van der Waals surface area (Å²) in [5, 5.41) is 6.45. The summed E-state index contributed by atoms with van der Waals surface area (Å²) in [6, 6.07) is 22.0. The summed E-state index contributed by atoms with van der Waals surface area (Å²) >= 11 is 3.41. The second-order valence-corrected chi connectivity index (χ2v) is 7.58. The number of halogens is 1. The van der Waals surface area contributed by atoms with Gasteiger partial charge in [0.15, 0.2) is 0 Å². The van der Waals surface area contributed by atoms with Crippen LogP contribution in [0.1, 0.15) is 21.5 Å². The predicted molar refractivity (Wildman–Crippen MR) is 126 cm³/mol. The van der Waals surface area contributed by atoms with E-state index in [0.717, 1.165) is 21.3 Å². The number of rotatable bonds is 9. The average molecular weight is 496 g/mol. The maximum Gasteiger partial charge on any atom is 0.259 e. The Balaban J connectivity index is 1.42. The highest BCUT2D eigenvalue weighted by molar-refractivity contribution is 9.10. The zero-order valence-corrected chi connectivity index (χ0v) is 19.0. The van der Waals surface area contributed by atoms with Gasteiger partial charge in [-0.15, -0.1) is 0 Å². The number of carbonyl (C=O) groups is 2. The third-order valence-electron chi connectivity index (χ3n) is 4.36. The number of amides is 2. The number of nitrogens with one attached hydrogen (secondary N) is 2. The highest BCUT2D eigenvalue weighted by Crippen LogP contribution is 2.17. The molecule has 0 atom stereocenters. The number of hydrogen-bond acceptors (Lipinski definition) is 5. The van der Waals surface area contributed by atoms with Gasteiger partial charge in [-0.05, 0) is 59.7 Å². The second kappa shape index (κ2) is 11.7. The number of carbonyl (C=O) groups excluding carboxylic acids is 2. The number of hydrazone groups is 1. The van der Waals surface area contributed by atoms with Crippen LogP contribution in [0.3, 0.4) is 0 Å². The molecule has 3 aromatic carbocycles. The number of methoxy groups -OCH3 is 1. The standard InChI is InChI=1S/C24H22BrN3O4/c1-31-22-5-3-2-4-21(22)24(30)26-15-23(29)28-27-14-17-8-12-20(13-9-17)32-16-18-6-10-19(25)11-7-18/h2-14H,15-16H2,1H3,(H,26,30)(H,28,29). The minimum Gasteiger partial charge on any atom is -0.496 e. The van der Waals surface area contributed by atoms with Gasteiger partial charge < -0.3 is 14.8 Å². The average Bonchev–Trinajstić information content (AvgIpc) is 2.83. The van der Waals surface area contributed by atoms with Crippen LogP contribution in [0.4, 0.5) is 0 Å². The van der Waals surface area contributed by atoms with E-state index in [9.17, 15) is 9.59 Å². The molecule has 0 aliphatic carbocycles. The lowest BCUT2D eigenvalue weighted by Crippen LogP contribution is -2.35. The molecule has 0 saturated heterocycles. The molecule has 0 aromatic heterocycles. The van der Waals surface area contributed by atoms with E-state index in [1.54, 1.807) is 24.3 Å². The van der Waals surface area contributed by atoms with Gasteiger partial charge in [-0.3, -0.25) is 9.59 Å². The maximum absolute atomic E-state index is 12.2. The van der Waals surface area contributed by atoms with Crippen LogP contribution in [-0.4, -0.2) is 31.7 Å². The summed E-state index contributed by atoms with van der Waals surface area (Å²) in [7, 11) is 1.48. The molecule has 2 N–H and O–H groups in total. The molecule has 0 spiro atoms. The largest absolute Gasteiger partial charge is 0.496 e. The Bertz CT molecular complexity index is 1080. The molecular formula is C24H22BrN3O4. The smallest absolute Gasteiger partial charge is 0.259 e. The Morgan fingerprint density at radius 1 is 1.00 bits per heavy atom. The minimum atomic E-state index is -0.445. The van der Waals surface area contributed by atoms with E-state index in [4.69, 9.17) is 9.47 Å². The summed E-state index contributed by atoms with van der Waals surface area (Å²) < 4.78 is 11.9. The van der Waals surface area contributed by atoms with Crippen molar-refractivity contribution in [3.63, 3.8) is 0 Å². The van der Waals surface area contributed by atoms with Crippen molar-refractivity contribution in [1.82, 2.24) is 10.7 Å². The predicted octanol–water partition coefficient (Wildman–Crippen LogP) is 3.92. The number of nitrogens with zero attached hydrogens (tertiary/aromatic N) is 1. The van der Waals surface area contributed by atoms with Gasteiger partial charge in [0.05, 0.1) is 25.4 Å². The Morgan fingerprint density at radius 3 is 2.44 bits per heavy atom. The molecule has 0 heterocycles. The zero-order chi connectivity index (χ0) is 22.8. The Kier molecular flexibility index (Phi) is 8.39. The van der Waals surface area contributed by atoms with Crippen molar-refractivity contribution in [2.45, 2.75) is 6.61 Å². The Morgan fingerprint density at radius 2 is 1.72 bits per heavy atom. The van der Waals surface area contributed by atoms with Crippen molar-refractivity contribution in [2.24, 2.45) is 5.10 Å². The van der Waals surface area contributed by atoms with Crippen molar-refractivity contribution in [1.29, 1.82) is 0 Å². The number of benzene rings is 3. The van der Waals surface area contributed by atoms with Crippen LogP contribution in [0, 0.1) is 0 Å². The zero-order valence-electron chi connectivity index (χ0n) is 17.4. The van der Waals surface area contributed by atoms with Crippen LogP contribution in [-0.2, 0) is 11.4 Å². The van der Waals surface area contributed by atoms with E-state index < -0.39 is 11.8 Å². The SMILES string of the molecule is COc1ccccc1C(=O)NCC(=O)NN=Cc1ccc(OCc2ccc(Br)cc2)cc1. The van der Waals surface area contributed by atoms with Gasteiger partial charge in [0.25, 0.3) is 11.8 Å². The summed E-state index contributed by atoms with van der Waals surface area (Å²) in [6.45, 7) is 0.258. The summed E-state index contributed by atoms with van der Waals surface area (Å²) in [5.74, 6) is 0.320. The van der Waals surface area contributed by atoms with Gasteiger partial charge >= 0.3 is 0 Å². The first-order valence-electron chi connectivity index (χ1n) is 9.75. The van der Waals surface area contributed by atoms with Crippen molar-refractivity contribution < 1.29 is 19.1 Å². The molecule has 3 rings (SSSR count). The molecule has 0 aliphatic heterocycles. The van der Waals surface area contributed by atoms with Crippen LogP contribution >= 0.6 is 15.9 Å². The fourth-order valence-electron chi connectivity index (χ4n) is 2.70. The van der Waals surface area contributed by atoms with Crippen LogP contribution in [0.15, 0.2) is 82.4 Å². The van der Waals surface area contributed by atoms with E-state index in [1.165, 1.54) is 13.3 Å². The van der Waals surface area contributed by atoms with Crippen molar-refractivity contribution in [2.75, 3.05) is 13.7 Å². The molecule has 0 bridgehead atoms. The molecule has 7 nitrogen and oxygen atoms in total. The lowest BCUT2D eigenvalue weighted by molar-refractivity contribution is -0.120. The van der Waals surface area contributed by atoms with Gasteiger partial charge in [-0.25, -0.2) is 5.43 Å². The van der Waals surface area contributed by atoms with Crippen LogP contribution in [0.25, 0.3) is 0 Å². The monoisotopic (exact) mass is 495 g/mol. The van der Waals surface area contributed by atoms with Crippen molar-refractivity contribution >= 4 is 34.0 Å². The van der Waals surface area contributed by atoms with Crippen LogP contribution in [0.5, 0.6) is 11.5 Å². The topological polar surface area (TPSA) is 89.0 Å². The quantitative estimate of drug-likeness (QED) is 0.347. The van der Waals surface area contributed by atoms with Gasteiger partial charge in [0.2, 0.25) is 0 Å². The van der Waals surface area contributed by atoms with Crippen LogP contribution < -0.4 is 20.2 Å². The van der Waals surface area contributed by atoms with E-state index in [1.807, 2.05) is 48.5 Å². The van der Waals surface area contributed by atoms with Gasteiger partial charge in [0, 0.05) is 4.47 Å². The molecule has 2 amide bonds. The number of hydrogen-bond donors (Lipinski definition) is 2. The Labute approximate surface area is 194 Å². The maximum atomic E-state index is 12.2. The molecule has 32 heavy (non-hydrogen) atoms. The molecule has 0 aliphatic rings. The molecule has 164 valence electrons. The number of ether oxygens (including phenoxy) is 2. The first-order chi connectivity index (χ1) is 15.5. The third-order valence-corrected chi connectivity index (χ3v) is 4.89. The lowest BCUT2D eigenvalue weighted by atomic mass is 10.2. The van der Waals surface area contributed by atoms with Gasteiger partial charge in [-0.2, -0.15) is 5.10 Å². The van der Waals surface area contributed by atoms with Crippen LogP contribution in [0.2, 0.25) is 0 Å². The molecule has 0 unspecified atom stereocenters. The fraction of sp³-hybridized carbons (Fsp3) is 0.125. The first kappa shape index (κ1) is 23.0. The Hall–Kier alpha value is -3.65. The van der Waals surface area contributed by atoms with Gasteiger partial charge in [-0.1, -0.05) is 40.2 Å². The lowest BCUT2D eigenvalue weighted by Gasteiger charge is -2.08. The van der Waals surface area contributed by atoms with Crippen molar-refractivity contribution in [3.8, 4) is 11.5 Å². The molecular weight excluding hydrogens is 474 g/mol. The second-order valence-electron chi connectivity index (χ2n) is 6.66. The number of para-hydroxylation sites is 1. The highest BCUT2D eigenvalue weighted by atomic mass is 79.9. The fourth-order valence-corrected chi connectivity index (χ4v) is 2.97. The van der Waals surface area contributed by atoms with Gasteiger partial charge in [0.1, 0.15) is 18.1 Å². The third kappa shape index (κ3) is 6.95. The normalized spacial score (nSPS) is 10.6.